The highest BCUT2D eigenvalue weighted by molar-refractivity contribution is 6.12. The lowest BCUT2D eigenvalue weighted by atomic mass is 10.2. The quantitative estimate of drug-likeness (QED) is 0.468. The predicted octanol–water partition coefficient (Wildman–Crippen LogP) is 0.605. The predicted molar refractivity (Wildman–Crippen MR) is 45.3 cm³/mol. The van der Waals surface area contributed by atoms with E-state index < -0.39 is 0 Å². The van der Waals surface area contributed by atoms with Crippen LogP contribution >= 0.6 is 0 Å². The lowest BCUT2D eigenvalue weighted by Gasteiger charge is -2.12. The second kappa shape index (κ2) is 4.41. The molecule has 4 nitrogen and oxygen atoms in total. The number of nitriles is 1. The number of unbranched alkanes of at least 4 members (excludes halogenated alkanes) is 2. The Morgan fingerprint density at radius 3 is 2.38 bits per heavy atom. The summed E-state index contributed by atoms with van der Waals surface area (Å²) in [6.45, 7) is 0.423. The third-order valence-electron chi connectivity index (χ3n) is 1.82. The van der Waals surface area contributed by atoms with Crippen molar-refractivity contribution in [3.8, 4) is 6.07 Å². The molecule has 13 heavy (non-hydrogen) atoms. The zero-order valence-corrected chi connectivity index (χ0v) is 7.19. The van der Waals surface area contributed by atoms with E-state index in [-0.39, 0.29) is 11.8 Å². The summed E-state index contributed by atoms with van der Waals surface area (Å²) in [4.78, 5) is 23.2. The van der Waals surface area contributed by atoms with Gasteiger partial charge in [0.2, 0.25) is 0 Å². The second-order valence-corrected chi connectivity index (χ2v) is 2.78. The average Bonchev–Trinajstić information content (AvgIpc) is 2.42. The Hall–Kier alpha value is -1.63. The molecular weight excluding hydrogens is 168 g/mol. The highest BCUT2D eigenvalue weighted by Crippen LogP contribution is 2.05. The van der Waals surface area contributed by atoms with Crippen LogP contribution in [0, 0.1) is 11.3 Å². The topological polar surface area (TPSA) is 61.2 Å². The molecule has 0 aliphatic carbocycles. The largest absolute Gasteiger partial charge is 0.275 e. The summed E-state index contributed by atoms with van der Waals surface area (Å²) in [5.74, 6) is -0.496. The Bertz CT molecular complexity index is 270. The van der Waals surface area contributed by atoms with Crippen LogP contribution in [-0.2, 0) is 9.59 Å². The molecule has 0 unspecified atom stereocenters. The fraction of sp³-hybridized carbons (Fsp3) is 0.444. The van der Waals surface area contributed by atoms with Gasteiger partial charge in [0.25, 0.3) is 11.8 Å². The van der Waals surface area contributed by atoms with Crippen molar-refractivity contribution < 1.29 is 9.59 Å². The van der Waals surface area contributed by atoms with E-state index in [1.165, 1.54) is 17.1 Å². The average molecular weight is 178 g/mol. The molecule has 0 saturated carbocycles. The van der Waals surface area contributed by atoms with E-state index in [4.69, 9.17) is 5.26 Å². The molecule has 0 spiro atoms. The number of nitrogens with zero attached hydrogens (tertiary/aromatic N) is 2. The number of hydrogen-bond acceptors (Lipinski definition) is 3. The number of hydrogen-bond donors (Lipinski definition) is 0. The number of carbonyl (C=O) groups excluding carboxylic acids is 2. The number of imide groups is 1. The molecule has 0 radical (unpaired) electrons. The molecule has 0 atom stereocenters. The molecule has 1 aliphatic rings. The number of carbonyl (C=O) groups is 2. The summed E-state index contributed by atoms with van der Waals surface area (Å²) < 4.78 is 0. The van der Waals surface area contributed by atoms with Gasteiger partial charge >= 0.3 is 0 Å². The van der Waals surface area contributed by atoms with Crippen LogP contribution in [0.2, 0.25) is 0 Å². The van der Waals surface area contributed by atoms with Crippen LogP contribution in [0.4, 0.5) is 0 Å². The van der Waals surface area contributed by atoms with E-state index in [9.17, 15) is 9.59 Å². The monoisotopic (exact) mass is 178 g/mol. The van der Waals surface area contributed by atoms with Crippen molar-refractivity contribution in [2.24, 2.45) is 0 Å². The first-order valence-corrected chi connectivity index (χ1v) is 4.16. The van der Waals surface area contributed by atoms with Gasteiger partial charge in [0.1, 0.15) is 0 Å². The van der Waals surface area contributed by atoms with Gasteiger partial charge in [-0.1, -0.05) is 0 Å². The van der Waals surface area contributed by atoms with Crippen molar-refractivity contribution in [1.29, 1.82) is 5.26 Å². The van der Waals surface area contributed by atoms with Gasteiger partial charge in [-0.15, -0.1) is 0 Å². The maximum Gasteiger partial charge on any atom is 0.253 e. The third-order valence-corrected chi connectivity index (χ3v) is 1.82. The summed E-state index contributed by atoms with van der Waals surface area (Å²) in [5.41, 5.74) is 0. The molecule has 68 valence electrons. The summed E-state index contributed by atoms with van der Waals surface area (Å²) in [6, 6.07) is 2.01. The van der Waals surface area contributed by atoms with Gasteiger partial charge in [-0.25, -0.2) is 0 Å². The molecule has 4 heteroatoms. The minimum Gasteiger partial charge on any atom is -0.275 e. The molecule has 1 rings (SSSR count). The van der Waals surface area contributed by atoms with Gasteiger partial charge < -0.3 is 0 Å². The minimum absolute atomic E-state index is 0.248. The molecule has 0 fully saturated rings. The van der Waals surface area contributed by atoms with Gasteiger partial charge in [-0.05, 0) is 12.8 Å². The first kappa shape index (κ1) is 9.46. The van der Waals surface area contributed by atoms with Crippen molar-refractivity contribution in [2.75, 3.05) is 6.54 Å². The van der Waals surface area contributed by atoms with Crippen molar-refractivity contribution >= 4 is 11.8 Å². The molecule has 0 saturated heterocycles. The van der Waals surface area contributed by atoms with Crippen LogP contribution < -0.4 is 0 Å². The van der Waals surface area contributed by atoms with Gasteiger partial charge in [-0.2, -0.15) is 5.26 Å². The Labute approximate surface area is 76.4 Å². The molecule has 1 heterocycles. The summed E-state index contributed by atoms with van der Waals surface area (Å²) in [7, 11) is 0. The van der Waals surface area contributed by atoms with Gasteiger partial charge in [0.15, 0.2) is 0 Å². The lowest BCUT2D eigenvalue weighted by Crippen LogP contribution is -2.30. The van der Waals surface area contributed by atoms with Crippen molar-refractivity contribution in [3.63, 3.8) is 0 Å². The summed E-state index contributed by atoms with van der Waals surface area (Å²) >= 11 is 0. The zero-order valence-electron chi connectivity index (χ0n) is 7.19. The SMILES string of the molecule is N#CCCCCN1C(=O)C=CC1=O. The van der Waals surface area contributed by atoms with E-state index in [1.54, 1.807) is 0 Å². The highest BCUT2D eigenvalue weighted by atomic mass is 16.2. The summed E-state index contributed by atoms with van der Waals surface area (Å²) in [5, 5.41) is 8.25. The molecular formula is C9H10N2O2. The van der Waals surface area contributed by atoms with Crippen LogP contribution in [0.25, 0.3) is 0 Å². The molecule has 0 aromatic heterocycles. The maximum absolute atomic E-state index is 11.0. The van der Waals surface area contributed by atoms with E-state index in [2.05, 4.69) is 0 Å². The molecule has 0 N–H and O–H groups in total. The standard InChI is InChI=1S/C9H10N2O2/c10-6-2-1-3-7-11-8(12)4-5-9(11)13/h4-5H,1-3,7H2. The smallest absolute Gasteiger partial charge is 0.253 e. The molecule has 1 aliphatic heterocycles. The van der Waals surface area contributed by atoms with E-state index in [0.717, 1.165) is 6.42 Å². The lowest BCUT2D eigenvalue weighted by molar-refractivity contribution is -0.136. The summed E-state index contributed by atoms with van der Waals surface area (Å²) in [6.07, 6.45) is 4.45. The van der Waals surface area contributed by atoms with Crippen molar-refractivity contribution in [3.05, 3.63) is 12.2 Å². The highest BCUT2D eigenvalue weighted by Gasteiger charge is 2.21. The van der Waals surface area contributed by atoms with E-state index in [0.29, 0.717) is 19.4 Å². The van der Waals surface area contributed by atoms with Gasteiger partial charge in [0, 0.05) is 25.1 Å². The van der Waals surface area contributed by atoms with Crippen LogP contribution in [0.1, 0.15) is 19.3 Å². The first-order chi connectivity index (χ1) is 6.25. The first-order valence-electron chi connectivity index (χ1n) is 4.16. The van der Waals surface area contributed by atoms with Gasteiger partial charge in [0.05, 0.1) is 6.07 Å². The van der Waals surface area contributed by atoms with E-state index >= 15 is 0 Å². The molecule has 0 aromatic carbocycles. The normalized spacial score (nSPS) is 15.2. The van der Waals surface area contributed by atoms with Crippen LogP contribution in [-0.4, -0.2) is 23.3 Å². The maximum atomic E-state index is 11.0. The molecule has 2 amide bonds. The molecule has 0 bridgehead atoms. The molecule has 0 aromatic rings. The Balaban J connectivity index is 2.26. The Morgan fingerprint density at radius 2 is 1.85 bits per heavy atom. The van der Waals surface area contributed by atoms with Crippen LogP contribution in [0.5, 0.6) is 0 Å². The van der Waals surface area contributed by atoms with E-state index in [1.807, 2.05) is 6.07 Å². The Morgan fingerprint density at radius 1 is 1.23 bits per heavy atom. The fourth-order valence-electron chi connectivity index (χ4n) is 1.13. The van der Waals surface area contributed by atoms with Crippen molar-refractivity contribution in [2.45, 2.75) is 19.3 Å². The zero-order chi connectivity index (χ0) is 9.68. The number of amides is 2. The minimum atomic E-state index is -0.248. The second-order valence-electron chi connectivity index (χ2n) is 2.78. The van der Waals surface area contributed by atoms with Gasteiger partial charge in [-0.3, -0.25) is 14.5 Å². The Kier molecular flexibility index (Phi) is 3.21. The van der Waals surface area contributed by atoms with Crippen LogP contribution in [0.3, 0.4) is 0 Å². The third kappa shape index (κ3) is 2.41. The van der Waals surface area contributed by atoms with Crippen LogP contribution in [0.15, 0.2) is 12.2 Å². The fourth-order valence-corrected chi connectivity index (χ4v) is 1.13. The number of rotatable bonds is 4. The van der Waals surface area contributed by atoms with Crippen molar-refractivity contribution in [1.82, 2.24) is 4.90 Å².